The summed E-state index contributed by atoms with van der Waals surface area (Å²) in [5.41, 5.74) is 2.26. The number of nitrogens with one attached hydrogen (secondary N) is 1. The van der Waals surface area contributed by atoms with Crippen LogP contribution in [0, 0.1) is 18.3 Å². The van der Waals surface area contributed by atoms with Crippen molar-refractivity contribution in [1.82, 2.24) is 4.98 Å². The number of H-pyrrole nitrogens is 1. The third-order valence-electron chi connectivity index (χ3n) is 3.69. The number of nitrogens with zero attached hydrogens (tertiary/aromatic N) is 1. The van der Waals surface area contributed by atoms with Gasteiger partial charge in [-0.05, 0) is 42.9 Å². The van der Waals surface area contributed by atoms with E-state index in [4.69, 9.17) is 0 Å². The Balaban J connectivity index is 2.20. The Kier molecular flexibility index (Phi) is 6.49. The molecule has 4 heteroatoms. The molecule has 0 aliphatic rings. The Morgan fingerprint density at radius 1 is 1.22 bits per heavy atom. The highest BCUT2D eigenvalue weighted by Crippen LogP contribution is 2.27. The number of aromatic nitrogens is 1. The van der Waals surface area contributed by atoms with Crippen LogP contribution in [0.5, 0.6) is 0 Å². The quantitative estimate of drug-likeness (QED) is 0.582. The molecule has 0 bridgehead atoms. The molecule has 0 amide bonds. The van der Waals surface area contributed by atoms with Crippen molar-refractivity contribution in [3.63, 3.8) is 0 Å². The highest BCUT2D eigenvalue weighted by Gasteiger charge is 2.10. The average molecular weight is 326 g/mol. The zero-order valence-corrected chi connectivity index (χ0v) is 14.5. The predicted octanol–water partition coefficient (Wildman–Crippen LogP) is 4.89. The fourth-order valence-electron chi connectivity index (χ4n) is 2.50. The van der Waals surface area contributed by atoms with E-state index in [1.807, 2.05) is 43.0 Å². The van der Waals surface area contributed by atoms with Gasteiger partial charge in [-0.3, -0.25) is 4.79 Å². The van der Waals surface area contributed by atoms with E-state index >= 15 is 0 Å². The second-order valence-electron chi connectivity index (χ2n) is 5.62. The van der Waals surface area contributed by atoms with Crippen molar-refractivity contribution in [2.24, 2.45) is 0 Å². The summed E-state index contributed by atoms with van der Waals surface area (Å²) in [5.74, 6) is 1.10. The third-order valence-corrected chi connectivity index (χ3v) is 4.77. The van der Waals surface area contributed by atoms with Gasteiger partial charge in [0.25, 0.3) is 5.56 Å². The van der Waals surface area contributed by atoms with Crippen molar-refractivity contribution in [2.75, 3.05) is 5.75 Å². The molecule has 0 saturated heterocycles. The lowest BCUT2D eigenvalue weighted by Gasteiger charge is -2.08. The van der Waals surface area contributed by atoms with E-state index in [1.54, 1.807) is 0 Å². The van der Waals surface area contributed by atoms with Gasteiger partial charge in [-0.1, -0.05) is 38.3 Å². The van der Waals surface area contributed by atoms with Crippen molar-refractivity contribution < 1.29 is 0 Å². The second-order valence-corrected chi connectivity index (χ2v) is 6.79. The summed E-state index contributed by atoms with van der Waals surface area (Å²) >= 11 is 1.83. The van der Waals surface area contributed by atoms with Gasteiger partial charge in [-0.15, -0.1) is 11.8 Å². The zero-order chi connectivity index (χ0) is 16.7. The van der Waals surface area contributed by atoms with Gasteiger partial charge in [0, 0.05) is 16.2 Å². The largest absolute Gasteiger partial charge is 0.325 e. The molecule has 0 aliphatic heterocycles. The van der Waals surface area contributed by atoms with Gasteiger partial charge in [-0.25, -0.2) is 0 Å². The first-order valence-corrected chi connectivity index (χ1v) is 9.01. The number of thioether (sulfide) groups is 1. The lowest BCUT2D eigenvalue weighted by molar-refractivity contribution is 0.706. The first kappa shape index (κ1) is 17.4. The van der Waals surface area contributed by atoms with Crippen LogP contribution >= 0.6 is 11.8 Å². The molecule has 1 aromatic heterocycles. The molecule has 0 radical (unpaired) electrons. The summed E-state index contributed by atoms with van der Waals surface area (Å²) in [6.07, 6.45) is 5.03. The fraction of sp³-hybridized carbons (Fsp3) is 0.368. The lowest BCUT2D eigenvalue weighted by atomic mass is 10.0. The van der Waals surface area contributed by atoms with E-state index in [0.29, 0.717) is 5.56 Å². The van der Waals surface area contributed by atoms with Crippen LogP contribution in [-0.2, 0) is 0 Å². The topological polar surface area (TPSA) is 56.6 Å². The Labute approximate surface area is 141 Å². The van der Waals surface area contributed by atoms with Crippen molar-refractivity contribution >= 4 is 11.8 Å². The smallest absolute Gasteiger partial charge is 0.266 e. The molecular formula is C19H22N2OS. The van der Waals surface area contributed by atoms with E-state index in [0.717, 1.165) is 17.0 Å². The maximum atomic E-state index is 11.9. The molecular weight excluding hydrogens is 304 g/mol. The fourth-order valence-corrected chi connectivity index (χ4v) is 3.47. The number of benzene rings is 1. The van der Waals surface area contributed by atoms with Gasteiger partial charge < -0.3 is 4.98 Å². The summed E-state index contributed by atoms with van der Waals surface area (Å²) in [5, 5.41) is 9.27. The van der Waals surface area contributed by atoms with Crippen LogP contribution < -0.4 is 5.56 Å². The first-order valence-electron chi connectivity index (χ1n) is 8.03. The molecule has 0 fully saturated rings. The van der Waals surface area contributed by atoms with Crippen molar-refractivity contribution in [2.45, 2.75) is 44.4 Å². The molecule has 2 rings (SSSR count). The molecule has 0 atom stereocenters. The average Bonchev–Trinajstić information content (AvgIpc) is 2.54. The predicted molar refractivity (Wildman–Crippen MR) is 96.8 cm³/mol. The maximum Gasteiger partial charge on any atom is 0.266 e. The van der Waals surface area contributed by atoms with Crippen molar-refractivity contribution in [3.05, 3.63) is 51.9 Å². The maximum absolute atomic E-state index is 11.9. The van der Waals surface area contributed by atoms with Crippen LogP contribution in [0.15, 0.2) is 40.0 Å². The third kappa shape index (κ3) is 4.74. The Morgan fingerprint density at radius 3 is 2.78 bits per heavy atom. The van der Waals surface area contributed by atoms with Crippen molar-refractivity contribution in [3.8, 4) is 17.2 Å². The lowest BCUT2D eigenvalue weighted by Crippen LogP contribution is -2.12. The summed E-state index contributed by atoms with van der Waals surface area (Å²) in [6.45, 7) is 4.05. The SMILES string of the molecule is CCCCCCSc1cccc(-c2cc(C)[nH]c(=O)c2C#N)c1. The molecule has 120 valence electrons. The monoisotopic (exact) mass is 326 g/mol. The molecule has 1 N–H and O–H groups in total. The Bertz CT molecular complexity index is 759. The first-order chi connectivity index (χ1) is 11.2. The summed E-state index contributed by atoms with van der Waals surface area (Å²) in [4.78, 5) is 15.8. The number of aryl methyl sites for hydroxylation is 1. The Hall–Kier alpha value is -1.99. The zero-order valence-electron chi connectivity index (χ0n) is 13.7. The van der Waals surface area contributed by atoms with Crippen molar-refractivity contribution in [1.29, 1.82) is 5.26 Å². The van der Waals surface area contributed by atoms with E-state index in [2.05, 4.69) is 24.0 Å². The molecule has 0 unspecified atom stereocenters. The van der Waals surface area contributed by atoms with Crippen LogP contribution in [0.2, 0.25) is 0 Å². The molecule has 3 nitrogen and oxygen atoms in total. The van der Waals surface area contributed by atoms with E-state index in [9.17, 15) is 10.1 Å². The van der Waals surface area contributed by atoms with E-state index < -0.39 is 0 Å². The van der Waals surface area contributed by atoms with Gasteiger partial charge in [0.05, 0.1) is 0 Å². The number of rotatable bonds is 7. The van der Waals surface area contributed by atoms with Gasteiger partial charge in [0.2, 0.25) is 0 Å². The molecule has 0 spiro atoms. The standard InChI is InChI=1S/C19H22N2OS/c1-3-4-5-6-10-23-16-9-7-8-15(12-16)17-11-14(2)21-19(22)18(17)13-20/h7-9,11-12H,3-6,10H2,1-2H3,(H,21,22). The van der Waals surface area contributed by atoms with Gasteiger partial charge in [-0.2, -0.15) is 5.26 Å². The second kappa shape index (κ2) is 8.59. The van der Waals surface area contributed by atoms with Crippen LogP contribution in [0.4, 0.5) is 0 Å². The van der Waals surface area contributed by atoms with E-state index in [-0.39, 0.29) is 11.1 Å². The number of nitriles is 1. The molecule has 2 aromatic rings. The normalized spacial score (nSPS) is 10.5. The van der Waals surface area contributed by atoms with Crippen LogP contribution in [0.25, 0.3) is 11.1 Å². The molecule has 1 heterocycles. The number of aromatic amines is 1. The minimum Gasteiger partial charge on any atom is -0.325 e. The molecule has 1 aromatic carbocycles. The summed E-state index contributed by atoms with van der Waals surface area (Å²) in [6, 6.07) is 12.0. The van der Waals surface area contributed by atoms with Crippen LogP contribution in [0.1, 0.15) is 43.9 Å². The summed E-state index contributed by atoms with van der Waals surface area (Å²) < 4.78 is 0. The van der Waals surface area contributed by atoms with Crippen LogP contribution in [0.3, 0.4) is 0 Å². The van der Waals surface area contributed by atoms with E-state index in [1.165, 1.54) is 30.6 Å². The molecule has 23 heavy (non-hydrogen) atoms. The molecule has 0 aliphatic carbocycles. The minimum absolute atomic E-state index is 0.181. The van der Waals surface area contributed by atoms with Crippen LogP contribution in [-0.4, -0.2) is 10.7 Å². The number of hydrogen-bond donors (Lipinski definition) is 1. The van der Waals surface area contributed by atoms with Gasteiger partial charge >= 0.3 is 0 Å². The number of pyridine rings is 1. The summed E-state index contributed by atoms with van der Waals surface area (Å²) in [7, 11) is 0. The highest BCUT2D eigenvalue weighted by atomic mass is 32.2. The minimum atomic E-state index is -0.319. The Morgan fingerprint density at radius 2 is 2.04 bits per heavy atom. The van der Waals surface area contributed by atoms with Gasteiger partial charge in [0.15, 0.2) is 0 Å². The number of hydrogen-bond acceptors (Lipinski definition) is 3. The van der Waals surface area contributed by atoms with Gasteiger partial charge in [0.1, 0.15) is 11.6 Å². The number of unbranched alkanes of at least 4 members (excludes halogenated alkanes) is 3. The highest BCUT2D eigenvalue weighted by molar-refractivity contribution is 7.99. The molecule has 0 saturated carbocycles.